The summed E-state index contributed by atoms with van der Waals surface area (Å²) in [6.07, 6.45) is 0. The number of nitrogens with zero attached hydrogens (tertiary/aromatic N) is 4. The molecule has 23 heavy (non-hydrogen) atoms. The van der Waals surface area contributed by atoms with Crippen LogP contribution in [0.5, 0.6) is 5.75 Å². The second-order valence-corrected chi connectivity index (χ2v) is 5.24. The summed E-state index contributed by atoms with van der Waals surface area (Å²) in [4.78, 5) is 3.52. The van der Waals surface area contributed by atoms with Crippen molar-refractivity contribution in [2.75, 3.05) is 7.11 Å². The van der Waals surface area contributed by atoms with Crippen LogP contribution in [-0.2, 0) is 0 Å². The Kier molecular flexibility index (Phi) is 3.82. The third kappa shape index (κ3) is 2.55. The van der Waals surface area contributed by atoms with E-state index >= 15 is 0 Å². The Morgan fingerprint density at radius 3 is 2.22 bits per heavy atom. The Morgan fingerprint density at radius 1 is 1.00 bits per heavy atom. The van der Waals surface area contributed by atoms with Crippen molar-refractivity contribution in [3.63, 3.8) is 0 Å². The van der Waals surface area contributed by atoms with Gasteiger partial charge in [0.15, 0.2) is 0 Å². The lowest BCUT2D eigenvalue weighted by atomic mass is 10.1. The number of rotatable bonds is 3. The van der Waals surface area contributed by atoms with Crippen LogP contribution in [0.3, 0.4) is 0 Å². The van der Waals surface area contributed by atoms with Gasteiger partial charge in [0, 0.05) is 5.56 Å². The first-order valence-corrected chi connectivity index (χ1v) is 7.19. The van der Waals surface area contributed by atoms with E-state index in [0.29, 0.717) is 5.82 Å². The van der Waals surface area contributed by atoms with Crippen molar-refractivity contribution in [3.8, 4) is 22.8 Å². The van der Waals surface area contributed by atoms with Gasteiger partial charge in [0.25, 0.3) is 0 Å². The lowest BCUT2D eigenvalue weighted by Gasteiger charge is -2.11. The maximum Gasteiger partial charge on any atom is 0.367 e. The van der Waals surface area contributed by atoms with E-state index in [1.165, 1.54) is 0 Å². The number of methoxy groups -OCH3 is 1. The van der Waals surface area contributed by atoms with Gasteiger partial charge in [-0.3, -0.25) is 0 Å². The van der Waals surface area contributed by atoms with Crippen LogP contribution in [0.4, 0.5) is 5.95 Å². The van der Waals surface area contributed by atoms with Gasteiger partial charge in [-0.2, -0.15) is 0 Å². The minimum atomic E-state index is 0.258. The Labute approximate surface area is 135 Å². The summed E-state index contributed by atoms with van der Waals surface area (Å²) >= 11 is 0. The third-order valence-corrected chi connectivity index (χ3v) is 3.76. The molecule has 0 unspecified atom stereocenters. The van der Waals surface area contributed by atoms with E-state index in [2.05, 4.69) is 15.0 Å². The molecule has 0 aliphatic heterocycles. The fourth-order valence-corrected chi connectivity index (χ4v) is 2.64. The maximum atomic E-state index is 7.40. The summed E-state index contributed by atoms with van der Waals surface area (Å²) in [6.45, 7) is 11.4. The van der Waals surface area contributed by atoms with Gasteiger partial charge in [0.1, 0.15) is 5.75 Å². The minimum absolute atomic E-state index is 0.258. The van der Waals surface area contributed by atoms with Crippen LogP contribution < -0.4 is 4.74 Å². The topological polar surface area (TPSA) is 44.3 Å². The molecule has 0 bridgehead atoms. The van der Waals surface area contributed by atoms with Crippen molar-refractivity contribution in [2.24, 2.45) is 0 Å². The zero-order valence-electron chi connectivity index (χ0n) is 13.2. The Morgan fingerprint density at radius 2 is 1.65 bits per heavy atom. The maximum absolute atomic E-state index is 7.40. The highest BCUT2D eigenvalue weighted by molar-refractivity contribution is 5.65. The third-order valence-electron chi connectivity index (χ3n) is 3.76. The van der Waals surface area contributed by atoms with Crippen LogP contribution in [0.15, 0.2) is 42.5 Å². The standard InChI is InChI=1S/C18H16N4O/c1-12-6-5-7-13(2)16(12)22-17(20-21-18(22)19-3)14-8-10-15(23-4)11-9-14/h5-11H,1-2,4H3. The molecule has 3 aromatic rings. The van der Waals surface area contributed by atoms with Gasteiger partial charge in [-0.25, -0.2) is 4.57 Å². The Bertz CT molecular complexity index is 868. The van der Waals surface area contributed by atoms with Crippen LogP contribution in [0, 0.1) is 20.4 Å². The fraction of sp³-hybridized carbons (Fsp3) is 0.167. The first-order chi connectivity index (χ1) is 11.2. The molecule has 114 valence electrons. The van der Waals surface area contributed by atoms with Crippen LogP contribution in [0.1, 0.15) is 11.1 Å². The van der Waals surface area contributed by atoms with Gasteiger partial charge in [-0.15, -0.1) is 6.57 Å². The van der Waals surface area contributed by atoms with E-state index in [9.17, 15) is 0 Å². The molecule has 0 fully saturated rings. The van der Waals surface area contributed by atoms with Crippen molar-refractivity contribution >= 4 is 5.95 Å². The first-order valence-electron chi connectivity index (χ1n) is 7.19. The fourth-order valence-electron chi connectivity index (χ4n) is 2.64. The number of benzene rings is 2. The average molecular weight is 304 g/mol. The molecule has 3 rings (SSSR count). The molecular weight excluding hydrogens is 288 g/mol. The summed E-state index contributed by atoms with van der Waals surface area (Å²) in [6, 6.07) is 13.6. The number of para-hydroxylation sites is 1. The van der Waals surface area contributed by atoms with Crippen molar-refractivity contribution in [2.45, 2.75) is 13.8 Å². The predicted molar refractivity (Wildman–Crippen MR) is 89.1 cm³/mol. The molecule has 1 heterocycles. The first kappa shape index (κ1) is 14.8. The largest absolute Gasteiger partial charge is 0.497 e. The second kappa shape index (κ2) is 5.93. The highest BCUT2D eigenvalue weighted by Crippen LogP contribution is 2.31. The quantitative estimate of drug-likeness (QED) is 0.684. The zero-order valence-corrected chi connectivity index (χ0v) is 13.2. The van der Waals surface area contributed by atoms with Gasteiger partial charge in [-0.05, 0) is 54.3 Å². The number of ether oxygens (including phenoxy) is 1. The molecule has 0 atom stereocenters. The highest BCUT2D eigenvalue weighted by Gasteiger charge is 2.21. The van der Waals surface area contributed by atoms with Crippen molar-refractivity contribution in [1.82, 2.24) is 14.8 Å². The Balaban J connectivity index is 2.24. The van der Waals surface area contributed by atoms with E-state index in [1.807, 2.05) is 60.9 Å². The summed E-state index contributed by atoms with van der Waals surface area (Å²) in [5.74, 6) is 1.68. The summed E-state index contributed by atoms with van der Waals surface area (Å²) in [7, 11) is 1.63. The van der Waals surface area contributed by atoms with Gasteiger partial charge in [0.2, 0.25) is 5.82 Å². The number of aromatic nitrogens is 3. The lowest BCUT2D eigenvalue weighted by molar-refractivity contribution is 0.415. The van der Waals surface area contributed by atoms with Crippen LogP contribution >= 0.6 is 0 Å². The SMILES string of the molecule is [C-]#[N+]c1nnc(-c2ccc(OC)cc2)n1-c1c(C)cccc1C. The van der Waals surface area contributed by atoms with E-state index in [0.717, 1.165) is 28.1 Å². The molecule has 0 aliphatic rings. The van der Waals surface area contributed by atoms with Gasteiger partial charge >= 0.3 is 5.95 Å². The van der Waals surface area contributed by atoms with Gasteiger partial charge in [-0.1, -0.05) is 23.3 Å². The normalized spacial score (nSPS) is 10.3. The van der Waals surface area contributed by atoms with E-state index in [4.69, 9.17) is 11.3 Å². The van der Waals surface area contributed by atoms with E-state index in [1.54, 1.807) is 7.11 Å². The summed E-state index contributed by atoms with van der Waals surface area (Å²) in [5, 5.41) is 8.27. The molecule has 5 nitrogen and oxygen atoms in total. The van der Waals surface area contributed by atoms with Crippen molar-refractivity contribution in [1.29, 1.82) is 0 Å². The molecule has 0 N–H and O–H groups in total. The minimum Gasteiger partial charge on any atom is -0.497 e. The molecular formula is C18H16N4O. The predicted octanol–water partition coefficient (Wildman–Crippen LogP) is 4.11. The molecule has 0 radical (unpaired) electrons. The van der Waals surface area contributed by atoms with Gasteiger partial charge < -0.3 is 9.58 Å². The number of hydrogen-bond donors (Lipinski definition) is 0. The Hall–Kier alpha value is -3.13. The second-order valence-electron chi connectivity index (χ2n) is 5.24. The smallest absolute Gasteiger partial charge is 0.367 e. The highest BCUT2D eigenvalue weighted by atomic mass is 16.5. The molecule has 0 saturated heterocycles. The number of aryl methyl sites for hydroxylation is 2. The number of hydrogen-bond acceptors (Lipinski definition) is 3. The van der Waals surface area contributed by atoms with Crippen molar-refractivity contribution in [3.05, 3.63) is 65.0 Å². The summed E-state index contributed by atoms with van der Waals surface area (Å²) in [5.41, 5.74) is 3.99. The monoisotopic (exact) mass is 304 g/mol. The average Bonchev–Trinajstić information content (AvgIpc) is 2.98. The van der Waals surface area contributed by atoms with E-state index < -0.39 is 0 Å². The zero-order chi connectivity index (χ0) is 16.4. The molecule has 0 amide bonds. The molecule has 0 spiro atoms. The molecule has 2 aromatic carbocycles. The molecule has 0 saturated carbocycles. The van der Waals surface area contributed by atoms with Crippen molar-refractivity contribution < 1.29 is 4.74 Å². The van der Waals surface area contributed by atoms with Crippen LogP contribution in [0.25, 0.3) is 21.9 Å². The van der Waals surface area contributed by atoms with E-state index in [-0.39, 0.29) is 5.95 Å². The van der Waals surface area contributed by atoms with Crippen LogP contribution in [0.2, 0.25) is 0 Å². The van der Waals surface area contributed by atoms with Crippen LogP contribution in [-0.4, -0.2) is 21.9 Å². The van der Waals surface area contributed by atoms with Gasteiger partial charge in [0.05, 0.1) is 12.8 Å². The molecule has 5 heteroatoms. The summed E-state index contributed by atoms with van der Waals surface area (Å²) < 4.78 is 7.01. The lowest BCUT2D eigenvalue weighted by Crippen LogP contribution is -2.02. The molecule has 1 aromatic heterocycles. The molecule has 0 aliphatic carbocycles.